The molecule has 1 aromatic carbocycles. The Morgan fingerprint density at radius 3 is 2.54 bits per heavy atom. The van der Waals surface area contributed by atoms with Crippen LogP contribution in [0.25, 0.3) is 0 Å². The van der Waals surface area contributed by atoms with E-state index in [1.165, 1.54) is 12.8 Å². The predicted octanol–water partition coefficient (Wildman–Crippen LogP) is 3.60. The first kappa shape index (κ1) is 15.5. The zero-order valence-corrected chi connectivity index (χ0v) is 14.0. The van der Waals surface area contributed by atoms with Crippen molar-refractivity contribution in [3.63, 3.8) is 0 Å². The summed E-state index contributed by atoms with van der Waals surface area (Å²) in [5, 5.41) is 4.11. The third-order valence-electron chi connectivity index (χ3n) is 5.26. The van der Waals surface area contributed by atoms with Crippen molar-refractivity contribution in [1.29, 1.82) is 0 Å². The van der Waals surface area contributed by atoms with Crippen molar-refractivity contribution in [2.24, 2.45) is 5.92 Å². The number of nitrogens with zero attached hydrogens (tertiary/aromatic N) is 3. The van der Waals surface area contributed by atoms with Crippen molar-refractivity contribution < 1.29 is 9.32 Å². The van der Waals surface area contributed by atoms with Gasteiger partial charge in [-0.2, -0.15) is 4.98 Å². The number of benzene rings is 1. The van der Waals surface area contributed by atoms with Crippen LogP contribution in [0.15, 0.2) is 34.9 Å². The Kier molecular flexibility index (Phi) is 4.19. The van der Waals surface area contributed by atoms with Crippen LogP contribution >= 0.6 is 0 Å². The lowest BCUT2D eigenvalue weighted by Gasteiger charge is -2.33. The highest BCUT2D eigenvalue weighted by atomic mass is 16.5. The maximum Gasteiger partial charge on any atom is 0.243 e. The lowest BCUT2D eigenvalue weighted by atomic mass is 9.88. The van der Waals surface area contributed by atoms with E-state index in [0.29, 0.717) is 11.8 Å². The summed E-state index contributed by atoms with van der Waals surface area (Å²) in [4.78, 5) is 19.5. The van der Waals surface area contributed by atoms with Gasteiger partial charge in [-0.3, -0.25) is 9.69 Å². The van der Waals surface area contributed by atoms with Gasteiger partial charge in [0.1, 0.15) is 0 Å². The summed E-state index contributed by atoms with van der Waals surface area (Å²) in [6.45, 7) is 3.90. The summed E-state index contributed by atoms with van der Waals surface area (Å²) in [6.07, 6.45) is 4.14. The molecule has 1 unspecified atom stereocenters. The molecule has 1 saturated heterocycles. The van der Waals surface area contributed by atoms with Gasteiger partial charge in [-0.15, -0.1) is 0 Å². The lowest BCUT2D eigenvalue weighted by molar-refractivity contribution is 0.0774. The Labute approximate surface area is 142 Å². The SMILES string of the molecule is CC(c1nc(C2CC2)no1)N1CCC(C(=O)c2ccccc2)CC1. The van der Waals surface area contributed by atoms with Crippen LogP contribution in [0.2, 0.25) is 0 Å². The minimum absolute atomic E-state index is 0.123. The lowest BCUT2D eigenvalue weighted by Crippen LogP contribution is -2.38. The first-order valence-electron chi connectivity index (χ1n) is 8.89. The highest BCUT2D eigenvalue weighted by Gasteiger charge is 2.32. The molecule has 4 rings (SSSR count). The molecule has 0 amide bonds. The van der Waals surface area contributed by atoms with E-state index >= 15 is 0 Å². The summed E-state index contributed by atoms with van der Waals surface area (Å²) in [6, 6.07) is 9.75. The van der Waals surface area contributed by atoms with Crippen molar-refractivity contribution >= 4 is 5.78 Å². The molecule has 0 bridgehead atoms. The number of aromatic nitrogens is 2. The molecule has 0 N–H and O–H groups in total. The molecule has 1 saturated carbocycles. The third-order valence-corrected chi connectivity index (χ3v) is 5.26. The van der Waals surface area contributed by atoms with E-state index in [1.54, 1.807) is 0 Å². The predicted molar refractivity (Wildman–Crippen MR) is 89.8 cm³/mol. The Bertz CT molecular complexity index is 700. The largest absolute Gasteiger partial charge is 0.338 e. The number of hydrogen-bond donors (Lipinski definition) is 0. The normalized spacial score (nSPS) is 20.9. The van der Waals surface area contributed by atoms with Gasteiger partial charge in [0.05, 0.1) is 6.04 Å². The van der Waals surface area contributed by atoms with Gasteiger partial charge in [0.2, 0.25) is 5.89 Å². The standard InChI is InChI=1S/C19H23N3O2/c1-13(19-20-18(21-24-19)16-7-8-16)22-11-9-15(10-12-22)17(23)14-5-3-2-4-6-14/h2-6,13,15-16H,7-12H2,1H3. The zero-order valence-electron chi connectivity index (χ0n) is 14.0. The first-order valence-corrected chi connectivity index (χ1v) is 8.89. The monoisotopic (exact) mass is 325 g/mol. The van der Waals surface area contributed by atoms with Crippen LogP contribution in [-0.2, 0) is 0 Å². The fourth-order valence-electron chi connectivity index (χ4n) is 3.47. The Hall–Kier alpha value is -2.01. The molecule has 1 aliphatic heterocycles. The van der Waals surface area contributed by atoms with Crippen LogP contribution in [0.3, 0.4) is 0 Å². The average Bonchev–Trinajstić information content (AvgIpc) is 3.38. The van der Waals surface area contributed by atoms with Crippen LogP contribution in [-0.4, -0.2) is 33.9 Å². The zero-order chi connectivity index (χ0) is 16.5. The second-order valence-corrected chi connectivity index (χ2v) is 6.98. The van der Waals surface area contributed by atoms with Gasteiger partial charge < -0.3 is 4.52 Å². The summed E-state index contributed by atoms with van der Waals surface area (Å²) in [5.41, 5.74) is 0.829. The topological polar surface area (TPSA) is 59.2 Å². The van der Waals surface area contributed by atoms with Gasteiger partial charge in [-0.25, -0.2) is 0 Å². The molecular formula is C19H23N3O2. The molecule has 5 nitrogen and oxygen atoms in total. The smallest absolute Gasteiger partial charge is 0.243 e. The fraction of sp³-hybridized carbons (Fsp3) is 0.526. The summed E-state index contributed by atoms with van der Waals surface area (Å²) >= 11 is 0. The Balaban J connectivity index is 1.35. The molecular weight excluding hydrogens is 302 g/mol. The van der Waals surface area contributed by atoms with E-state index in [0.717, 1.165) is 37.3 Å². The van der Waals surface area contributed by atoms with Crippen molar-refractivity contribution in [1.82, 2.24) is 15.0 Å². The number of rotatable bonds is 5. The average molecular weight is 325 g/mol. The highest BCUT2D eigenvalue weighted by molar-refractivity contribution is 5.97. The van der Waals surface area contributed by atoms with E-state index < -0.39 is 0 Å². The molecule has 1 aliphatic carbocycles. The van der Waals surface area contributed by atoms with Crippen LogP contribution in [0.5, 0.6) is 0 Å². The first-order chi connectivity index (χ1) is 11.7. The van der Waals surface area contributed by atoms with E-state index in [9.17, 15) is 4.79 Å². The fourth-order valence-corrected chi connectivity index (χ4v) is 3.47. The van der Waals surface area contributed by atoms with E-state index in [1.807, 2.05) is 30.3 Å². The molecule has 2 aliphatic rings. The quantitative estimate of drug-likeness (QED) is 0.786. The Morgan fingerprint density at radius 2 is 1.88 bits per heavy atom. The molecule has 2 aromatic rings. The van der Waals surface area contributed by atoms with Crippen molar-refractivity contribution in [3.05, 3.63) is 47.6 Å². The number of ketones is 1. The molecule has 24 heavy (non-hydrogen) atoms. The van der Waals surface area contributed by atoms with Gasteiger partial charge in [-0.1, -0.05) is 35.5 Å². The van der Waals surface area contributed by atoms with E-state index in [-0.39, 0.29) is 17.7 Å². The maximum absolute atomic E-state index is 12.6. The maximum atomic E-state index is 12.6. The summed E-state index contributed by atoms with van der Waals surface area (Å²) < 4.78 is 5.45. The molecule has 1 atom stereocenters. The van der Waals surface area contributed by atoms with Gasteiger partial charge in [0.15, 0.2) is 11.6 Å². The van der Waals surface area contributed by atoms with Gasteiger partial charge >= 0.3 is 0 Å². The minimum Gasteiger partial charge on any atom is -0.338 e. The van der Waals surface area contributed by atoms with Gasteiger partial charge in [0.25, 0.3) is 0 Å². The molecule has 0 radical (unpaired) electrons. The number of hydrogen-bond acceptors (Lipinski definition) is 5. The van der Waals surface area contributed by atoms with Crippen molar-refractivity contribution in [2.45, 2.75) is 44.6 Å². The van der Waals surface area contributed by atoms with Crippen LogP contribution in [0.4, 0.5) is 0 Å². The van der Waals surface area contributed by atoms with Crippen molar-refractivity contribution in [3.8, 4) is 0 Å². The molecule has 5 heteroatoms. The summed E-state index contributed by atoms with van der Waals surface area (Å²) in [5.74, 6) is 2.50. The third kappa shape index (κ3) is 3.13. The van der Waals surface area contributed by atoms with E-state index in [2.05, 4.69) is 22.0 Å². The summed E-state index contributed by atoms with van der Waals surface area (Å²) in [7, 11) is 0. The van der Waals surface area contributed by atoms with Crippen LogP contribution in [0, 0.1) is 5.92 Å². The number of likely N-dealkylation sites (tertiary alicyclic amines) is 1. The molecule has 1 aromatic heterocycles. The second-order valence-electron chi connectivity index (χ2n) is 6.98. The van der Waals surface area contributed by atoms with Gasteiger partial charge in [0, 0.05) is 17.4 Å². The number of carbonyl (C=O) groups is 1. The van der Waals surface area contributed by atoms with Crippen molar-refractivity contribution in [2.75, 3.05) is 13.1 Å². The minimum atomic E-state index is 0.123. The number of Topliss-reactive ketones (excluding diaryl/α,β-unsaturated/α-hetero) is 1. The molecule has 2 heterocycles. The Morgan fingerprint density at radius 1 is 1.17 bits per heavy atom. The van der Waals surface area contributed by atoms with Gasteiger partial charge in [-0.05, 0) is 45.7 Å². The van der Waals surface area contributed by atoms with E-state index in [4.69, 9.17) is 4.52 Å². The molecule has 0 spiro atoms. The van der Waals surface area contributed by atoms with Crippen LogP contribution in [0.1, 0.15) is 66.6 Å². The highest BCUT2D eigenvalue weighted by Crippen LogP contribution is 2.39. The molecule has 126 valence electrons. The van der Waals surface area contributed by atoms with Crippen LogP contribution < -0.4 is 0 Å². The number of piperidine rings is 1. The number of carbonyl (C=O) groups excluding carboxylic acids is 1. The molecule has 2 fully saturated rings. The second kappa shape index (κ2) is 6.48.